The number of nitrogens with zero attached hydrogens (tertiary/aromatic N) is 6. The fraction of sp³-hybridized carbons (Fsp3) is 0.174. The van der Waals surface area contributed by atoms with Gasteiger partial charge in [-0.05, 0) is 30.3 Å². The van der Waals surface area contributed by atoms with Crippen LogP contribution in [-0.4, -0.2) is 36.4 Å². The molecule has 4 aromatic rings. The Balaban J connectivity index is 1.31. The maximum atomic E-state index is 6.01. The van der Waals surface area contributed by atoms with Gasteiger partial charge in [0.05, 0.1) is 11.3 Å². The first-order valence-corrected chi connectivity index (χ1v) is 10.3. The average Bonchev–Trinajstić information content (AvgIpc) is 2.82. The normalized spacial score (nSPS) is 13.6. The summed E-state index contributed by atoms with van der Waals surface area (Å²) in [5.74, 6) is 1.98. The van der Waals surface area contributed by atoms with Crippen LogP contribution < -0.4 is 4.74 Å². The smallest absolute Gasteiger partial charge is 0.223 e. The number of hydrogen-bond donors (Lipinski definition) is 0. The highest BCUT2D eigenvalue weighted by atomic mass is 35.5. The number of fused-ring (bicyclic) bond motifs is 1. The summed E-state index contributed by atoms with van der Waals surface area (Å²) in [5.41, 5.74) is 4.07. The van der Waals surface area contributed by atoms with Crippen molar-refractivity contribution in [1.29, 1.82) is 0 Å². The van der Waals surface area contributed by atoms with Gasteiger partial charge in [-0.2, -0.15) is 0 Å². The lowest BCUT2D eigenvalue weighted by Crippen LogP contribution is -2.31. The van der Waals surface area contributed by atoms with Crippen LogP contribution in [0.4, 0.5) is 0 Å². The minimum absolute atomic E-state index is 0.603. The van der Waals surface area contributed by atoms with Crippen molar-refractivity contribution in [3.63, 3.8) is 0 Å². The Morgan fingerprint density at radius 2 is 1.84 bits per heavy atom. The number of ether oxygens (including phenoxy) is 1. The first kappa shape index (κ1) is 19.5. The molecular weight excluding hydrogens is 412 g/mol. The highest BCUT2D eigenvalue weighted by molar-refractivity contribution is 6.30. The number of aromatic nitrogens is 5. The van der Waals surface area contributed by atoms with E-state index in [2.05, 4.69) is 24.8 Å². The Bertz CT molecular complexity index is 1190. The maximum Gasteiger partial charge on any atom is 0.223 e. The zero-order valence-corrected chi connectivity index (χ0v) is 17.4. The van der Waals surface area contributed by atoms with Crippen LogP contribution in [0.25, 0.3) is 11.4 Å². The number of rotatable bonds is 5. The van der Waals surface area contributed by atoms with Gasteiger partial charge in [0.2, 0.25) is 5.88 Å². The van der Waals surface area contributed by atoms with Crippen LogP contribution in [0.15, 0.2) is 67.5 Å². The summed E-state index contributed by atoms with van der Waals surface area (Å²) in [7, 11) is 0. The molecule has 0 aliphatic carbocycles. The monoisotopic (exact) mass is 430 g/mol. The summed E-state index contributed by atoms with van der Waals surface area (Å²) in [6.45, 7) is 2.39. The fourth-order valence-electron chi connectivity index (χ4n) is 3.55. The third-order valence-corrected chi connectivity index (χ3v) is 5.36. The molecule has 0 saturated carbocycles. The lowest BCUT2D eigenvalue weighted by Gasteiger charge is -2.28. The van der Waals surface area contributed by atoms with Crippen molar-refractivity contribution < 1.29 is 4.74 Å². The van der Waals surface area contributed by atoms with E-state index in [4.69, 9.17) is 21.3 Å². The topological polar surface area (TPSA) is 76.9 Å². The van der Waals surface area contributed by atoms with E-state index in [-0.39, 0.29) is 0 Å². The lowest BCUT2D eigenvalue weighted by atomic mass is 10.1. The van der Waals surface area contributed by atoms with Crippen LogP contribution in [0.1, 0.15) is 16.8 Å². The minimum Gasteiger partial charge on any atom is -0.439 e. The van der Waals surface area contributed by atoms with Gasteiger partial charge in [-0.15, -0.1) is 0 Å². The summed E-state index contributed by atoms with van der Waals surface area (Å²) in [6, 6.07) is 11.3. The molecule has 0 spiro atoms. The van der Waals surface area contributed by atoms with E-state index in [1.165, 1.54) is 6.33 Å². The van der Waals surface area contributed by atoms with Crippen molar-refractivity contribution in [3.05, 3.63) is 89.4 Å². The van der Waals surface area contributed by atoms with Gasteiger partial charge in [-0.1, -0.05) is 17.7 Å². The molecular formula is C23H19ClN6O. The molecule has 1 aliphatic rings. The molecule has 1 aromatic carbocycles. The second-order valence-electron chi connectivity index (χ2n) is 7.28. The third-order valence-electron chi connectivity index (χ3n) is 5.10. The largest absolute Gasteiger partial charge is 0.439 e. The molecule has 3 aromatic heterocycles. The molecule has 0 N–H and O–H groups in total. The van der Waals surface area contributed by atoms with Crippen molar-refractivity contribution >= 4 is 11.6 Å². The predicted molar refractivity (Wildman–Crippen MR) is 117 cm³/mol. The SMILES string of the molecule is Clc1ccc(Oc2ncccc2CN2CCc3nc(-c4cncnc4)ncc3C2)cc1. The summed E-state index contributed by atoms with van der Waals surface area (Å²) in [5, 5.41) is 0.672. The highest BCUT2D eigenvalue weighted by Gasteiger charge is 2.20. The number of hydrogen-bond acceptors (Lipinski definition) is 7. The zero-order valence-electron chi connectivity index (χ0n) is 16.6. The van der Waals surface area contributed by atoms with Crippen LogP contribution in [0.5, 0.6) is 11.6 Å². The summed E-state index contributed by atoms with van der Waals surface area (Å²) < 4.78 is 6.01. The standard InChI is InChI=1S/C23H19ClN6O/c24-19-3-5-20(6-4-19)31-23-16(2-1-8-27-23)13-30-9-7-21-18(14-30)12-28-22(29-21)17-10-25-15-26-11-17/h1-6,8,10-12,15H,7,9,13-14H2. The summed E-state index contributed by atoms with van der Waals surface area (Å²) in [6.07, 6.45) is 9.46. The van der Waals surface area contributed by atoms with Crippen LogP contribution in [0, 0.1) is 0 Å². The molecule has 154 valence electrons. The van der Waals surface area contributed by atoms with Gasteiger partial charge < -0.3 is 4.74 Å². The van der Waals surface area contributed by atoms with Gasteiger partial charge in [0.15, 0.2) is 5.82 Å². The molecule has 7 nitrogen and oxygen atoms in total. The highest BCUT2D eigenvalue weighted by Crippen LogP contribution is 2.27. The van der Waals surface area contributed by atoms with E-state index in [0.717, 1.165) is 48.4 Å². The second-order valence-corrected chi connectivity index (χ2v) is 7.71. The van der Waals surface area contributed by atoms with E-state index >= 15 is 0 Å². The van der Waals surface area contributed by atoms with Crippen molar-refractivity contribution in [3.8, 4) is 23.0 Å². The Labute approximate surface area is 184 Å². The number of benzene rings is 1. The Hall–Kier alpha value is -3.42. The van der Waals surface area contributed by atoms with Crippen LogP contribution in [0.2, 0.25) is 5.02 Å². The van der Waals surface area contributed by atoms with Crippen molar-refractivity contribution in [2.24, 2.45) is 0 Å². The molecule has 0 amide bonds. The van der Waals surface area contributed by atoms with Gasteiger partial charge in [0.1, 0.15) is 12.1 Å². The fourth-order valence-corrected chi connectivity index (χ4v) is 3.68. The molecule has 0 radical (unpaired) electrons. The molecule has 0 fully saturated rings. The molecule has 0 atom stereocenters. The van der Waals surface area contributed by atoms with Gasteiger partial charge in [-0.25, -0.2) is 24.9 Å². The Morgan fingerprint density at radius 3 is 2.68 bits per heavy atom. The zero-order chi connectivity index (χ0) is 21.0. The quantitative estimate of drug-likeness (QED) is 0.466. The van der Waals surface area contributed by atoms with Gasteiger partial charge in [0.25, 0.3) is 0 Å². The Kier molecular flexibility index (Phi) is 5.52. The molecule has 0 bridgehead atoms. The van der Waals surface area contributed by atoms with E-state index in [9.17, 15) is 0 Å². The predicted octanol–water partition coefficient (Wildman–Crippen LogP) is 4.33. The van der Waals surface area contributed by atoms with E-state index in [1.54, 1.807) is 30.7 Å². The van der Waals surface area contributed by atoms with Crippen LogP contribution >= 0.6 is 11.6 Å². The number of pyridine rings is 1. The average molecular weight is 431 g/mol. The number of halogens is 1. The summed E-state index contributed by atoms with van der Waals surface area (Å²) >= 11 is 5.97. The molecule has 5 rings (SSSR count). The summed E-state index contributed by atoms with van der Waals surface area (Å²) in [4.78, 5) is 24.1. The first-order valence-electron chi connectivity index (χ1n) is 9.94. The van der Waals surface area contributed by atoms with Crippen molar-refractivity contribution in [2.75, 3.05) is 6.54 Å². The molecule has 31 heavy (non-hydrogen) atoms. The lowest BCUT2D eigenvalue weighted by molar-refractivity contribution is 0.239. The van der Waals surface area contributed by atoms with Gasteiger partial charge >= 0.3 is 0 Å². The Morgan fingerprint density at radius 1 is 1.00 bits per heavy atom. The van der Waals surface area contributed by atoms with Gasteiger partial charge in [-0.3, -0.25) is 4.90 Å². The van der Waals surface area contributed by atoms with Crippen molar-refractivity contribution in [2.45, 2.75) is 19.5 Å². The van der Waals surface area contributed by atoms with Crippen molar-refractivity contribution in [1.82, 2.24) is 29.8 Å². The van der Waals surface area contributed by atoms with Crippen LogP contribution in [-0.2, 0) is 19.5 Å². The first-order chi connectivity index (χ1) is 15.2. The second kappa shape index (κ2) is 8.75. The van der Waals surface area contributed by atoms with E-state index < -0.39 is 0 Å². The molecule has 8 heteroatoms. The minimum atomic E-state index is 0.603. The molecule has 4 heterocycles. The molecule has 0 saturated heterocycles. The maximum absolute atomic E-state index is 6.01. The van der Waals surface area contributed by atoms with E-state index in [0.29, 0.717) is 22.5 Å². The van der Waals surface area contributed by atoms with Gasteiger partial charge in [0, 0.05) is 67.0 Å². The molecule has 1 aliphatic heterocycles. The van der Waals surface area contributed by atoms with Crippen LogP contribution in [0.3, 0.4) is 0 Å². The van der Waals surface area contributed by atoms with E-state index in [1.807, 2.05) is 30.5 Å². The third kappa shape index (κ3) is 4.52. The molecule has 0 unspecified atom stereocenters.